The Balaban J connectivity index is 2.62. The van der Waals surface area contributed by atoms with Crippen molar-refractivity contribution in [3.63, 3.8) is 0 Å². The number of rotatable bonds is 0. The molecule has 0 aliphatic carbocycles. The zero-order chi connectivity index (χ0) is 13.7. The summed E-state index contributed by atoms with van der Waals surface area (Å²) >= 11 is 3.37. The first kappa shape index (κ1) is 12.0. The Kier molecular flexibility index (Phi) is 2.53. The van der Waals surface area contributed by atoms with Crippen molar-refractivity contribution < 1.29 is 0 Å². The molecular weight excluding hydrogens is 312 g/mol. The van der Waals surface area contributed by atoms with Crippen molar-refractivity contribution in [2.24, 2.45) is 14.1 Å². The molecule has 0 bridgehead atoms. The van der Waals surface area contributed by atoms with Gasteiger partial charge in [-0.15, -0.1) is 0 Å². The van der Waals surface area contributed by atoms with Gasteiger partial charge in [-0.3, -0.25) is 9.36 Å². The molecule has 0 aromatic heterocycles. The molecule has 2 heterocycles. The predicted octanol–water partition coefficient (Wildman–Crippen LogP) is 0.894. The van der Waals surface area contributed by atoms with Crippen molar-refractivity contribution >= 4 is 27.0 Å². The molecule has 1 aromatic carbocycles. The van der Waals surface area contributed by atoms with Crippen LogP contribution in [0.5, 0.6) is 0 Å². The van der Waals surface area contributed by atoms with Gasteiger partial charge in [0.25, 0.3) is 5.56 Å². The monoisotopic (exact) mass is 320 g/mol. The van der Waals surface area contributed by atoms with Crippen molar-refractivity contribution in [2.45, 2.75) is 0 Å². The zero-order valence-electron chi connectivity index (χ0n) is 10.2. The molecule has 3 rings (SSSR count). The van der Waals surface area contributed by atoms with E-state index < -0.39 is 11.2 Å². The topological polar surface area (TPSA) is 69.8 Å². The Morgan fingerprint density at radius 1 is 1.11 bits per heavy atom. The van der Waals surface area contributed by atoms with Gasteiger partial charge in [-0.2, -0.15) is 4.98 Å². The third-order valence-corrected chi connectivity index (χ3v) is 3.55. The van der Waals surface area contributed by atoms with E-state index in [4.69, 9.17) is 0 Å². The fourth-order valence-corrected chi connectivity index (χ4v) is 2.34. The standard InChI is InChI=1S/C12H9BrN4O2/c1-16-8-4-3-6(13)5-7(8)14-9-10(16)15-12(19)17(2)11(9)18/h3-5H,1-2H3. The highest BCUT2D eigenvalue weighted by molar-refractivity contribution is 9.10. The summed E-state index contributed by atoms with van der Waals surface area (Å²) < 4.78 is 3.53. The minimum atomic E-state index is -0.577. The van der Waals surface area contributed by atoms with Crippen molar-refractivity contribution in [1.29, 1.82) is 0 Å². The summed E-state index contributed by atoms with van der Waals surface area (Å²) in [5.41, 5.74) is 0.645. The van der Waals surface area contributed by atoms with Crippen molar-refractivity contribution in [3.05, 3.63) is 43.5 Å². The Hall–Kier alpha value is -2.02. The molecule has 96 valence electrons. The van der Waals surface area contributed by atoms with E-state index in [1.807, 2.05) is 18.2 Å². The average molecular weight is 321 g/mol. The number of hydrogen-bond donors (Lipinski definition) is 0. The molecular formula is C12H9BrN4O2. The quantitative estimate of drug-likeness (QED) is 0.577. The van der Waals surface area contributed by atoms with Gasteiger partial charge in [0.2, 0.25) is 0 Å². The molecule has 0 fully saturated rings. The summed E-state index contributed by atoms with van der Waals surface area (Å²) in [5, 5.41) is 0. The Morgan fingerprint density at radius 2 is 1.84 bits per heavy atom. The van der Waals surface area contributed by atoms with Crippen molar-refractivity contribution in [3.8, 4) is 11.5 Å². The van der Waals surface area contributed by atoms with E-state index in [0.717, 1.165) is 14.6 Å². The first-order valence-corrected chi connectivity index (χ1v) is 6.31. The first-order chi connectivity index (χ1) is 8.99. The number of nitrogens with zero attached hydrogens (tertiary/aromatic N) is 4. The largest absolute Gasteiger partial charge is 0.352 e. The molecule has 6 nitrogen and oxygen atoms in total. The van der Waals surface area contributed by atoms with Gasteiger partial charge in [0.1, 0.15) is 0 Å². The molecule has 0 spiro atoms. The smallest absolute Gasteiger partial charge is 0.325 e. The van der Waals surface area contributed by atoms with Gasteiger partial charge >= 0.3 is 5.69 Å². The van der Waals surface area contributed by atoms with Crippen LogP contribution >= 0.6 is 15.9 Å². The molecule has 0 amide bonds. The molecule has 0 saturated heterocycles. The molecule has 2 aliphatic heterocycles. The minimum absolute atomic E-state index is 0.190. The second kappa shape index (κ2) is 3.99. The van der Waals surface area contributed by atoms with Crippen LogP contribution < -0.4 is 11.2 Å². The van der Waals surface area contributed by atoms with E-state index in [1.165, 1.54) is 7.05 Å². The maximum absolute atomic E-state index is 12.1. The predicted molar refractivity (Wildman–Crippen MR) is 74.3 cm³/mol. The van der Waals surface area contributed by atoms with Gasteiger partial charge in [-0.1, -0.05) is 15.9 Å². The third-order valence-electron chi connectivity index (χ3n) is 3.06. The maximum atomic E-state index is 12.1. The van der Waals surface area contributed by atoms with Crippen LogP contribution in [0.1, 0.15) is 0 Å². The lowest BCUT2D eigenvalue weighted by molar-refractivity contribution is 0.748. The molecule has 19 heavy (non-hydrogen) atoms. The Morgan fingerprint density at radius 3 is 2.58 bits per heavy atom. The van der Waals surface area contributed by atoms with Crippen LogP contribution in [0, 0.1) is 0 Å². The lowest BCUT2D eigenvalue weighted by Gasteiger charge is -2.13. The lowest BCUT2D eigenvalue weighted by atomic mass is 10.2. The van der Waals surface area contributed by atoms with Crippen LogP contribution in [-0.2, 0) is 14.1 Å². The maximum Gasteiger partial charge on any atom is 0.352 e. The van der Waals surface area contributed by atoms with Crippen molar-refractivity contribution in [1.82, 2.24) is 19.1 Å². The molecule has 0 atom stereocenters. The van der Waals surface area contributed by atoms with Gasteiger partial charge in [-0.05, 0) is 18.2 Å². The highest BCUT2D eigenvalue weighted by Crippen LogP contribution is 2.22. The van der Waals surface area contributed by atoms with Crippen LogP contribution in [0.15, 0.2) is 32.3 Å². The molecule has 0 unspecified atom stereocenters. The lowest BCUT2D eigenvalue weighted by Crippen LogP contribution is -2.36. The summed E-state index contributed by atoms with van der Waals surface area (Å²) in [6.07, 6.45) is 0. The van der Waals surface area contributed by atoms with E-state index >= 15 is 0 Å². The van der Waals surface area contributed by atoms with Gasteiger partial charge in [-0.25, -0.2) is 9.78 Å². The van der Waals surface area contributed by atoms with E-state index in [0.29, 0.717) is 11.3 Å². The van der Waals surface area contributed by atoms with Crippen LogP contribution in [0.25, 0.3) is 22.6 Å². The SMILES string of the molecule is Cn1c(=O)nc2n(C)c3ccc(Br)cc3nc-2c1=O. The van der Waals surface area contributed by atoms with Crippen LogP contribution in [0.2, 0.25) is 0 Å². The summed E-state index contributed by atoms with van der Waals surface area (Å²) in [7, 11) is 3.15. The number of fused-ring (bicyclic) bond motifs is 2. The van der Waals surface area contributed by atoms with E-state index in [2.05, 4.69) is 25.9 Å². The number of aromatic nitrogens is 4. The van der Waals surface area contributed by atoms with Crippen LogP contribution in [0.3, 0.4) is 0 Å². The molecule has 0 radical (unpaired) electrons. The molecule has 1 aromatic rings. The van der Waals surface area contributed by atoms with Gasteiger partial charge in [0, 0.05) is 18.6 Å². The van der Waals surface area contributed by atoms with E-state index in [1.54, 1.807) is 11.6 Å². The number of benzene rings is 1. The van der Waals surface area contributed by atoms with Gasteiger partial charge in [0.15, 0.2) is 11.5 Å². The third kappa shape index (κ3) is 1.69. The highest BCUT2D eigenvalue weighted by atomic mass is 79.9. The Labute approximate surface area is 115 Å². The fraction of sp³-hybridized carbons (Fsp3) is 0.167. The van der Waals surface area contributed by atoms with Gasteiger partial charge < -0.3 is 4.57 Å². The minimum Gasteiger partial charge on any atom is -0.325 e. The zero-order valence-corrected chi connectivity index (χ0v) is 11.8. The van der Waals surface area contributed by atoms with Crippen LogP contribution in [0.4, 0.5) is 0 Å². The van der Waals surface area contributed by atoms with Gasteiger partial charge in [0.05, 0.1) is 11.0 Å². The van der Waals surface area contributed by atoms with E-state index in [-0.39, 0.29) is 5.69 Å². The summed E-state index contributed by atoms with van der Waals surface area (Å²) in [6, 6.07) is 5.55. The molecule has 7 heteroatoms. The Bertz CT molecular complexity index is 897. The second-order valence-corrected chi connectivity index (χ2v) is 5.15. The summed E-state index contributed by atoms with van der Waals surface area (Å²) in [6.45, 7) is 0. The van der Waals surface area contributed by atoms with Crippen molar-refractivity contribution in [2.75, 3.05) is 0 Å². The summed E-state index contributed by atoms with van der Waals surface area (Å²) in [5.74, 6) is 0.294. The highest BCUT2D eigenvalue weighted by Gasteiger charge is 2.18. The molecule has 2 aliphatic rings. The number of aryl methyl sites for hydroxylation is 1. The first-order valence-electron chi connectivity index (χ1n) is 5.52. The number of hydrogen-bond acceptors (Lipinski definition) is 4. The molecule has 0 saturated carbocycles. The fourth-order valence-electron chi connectivity index (χ4n) is 2.00. The molecule has 0 N–H and O–H groups in total. The average Bonchev–Trinajstić information content (AvgIpc) is 2.38. The number of halogens is 1. The van der Waals surface area contributed by atoms with Crippen LogP contribution in [-0.4, -0.2) is 19.1 Å². The second-order valence-electron chi connectivity index (χ2n) is 4.23. The normalized spacial score (nSPS) is 11.3. The summed E-state index contributed by atoms with van der Waals surface area (Å²) in [4.78, 5) is 31.9. The van der Waals surface area contributed by atoms with E-state index in [9.17, 15) is 9.59 Å².